The lowest BCUT2D eigenvalue weighted by Crippen LogP contribution is -3.00. The monoisotopic (exact) mass is 694 g/mol. The average molecular weight is 697 g/mol. The van der Waals surface area contributed by atoms with E-state index in [1.54, 1.807) is 0 Å². The summed E-state index contributed by atoms with van der Waals surface area (Å²) in [4.78, 5) is 0. The third kappa shape index (κ3) is 22.5. The van der Waals surface area contributed by atoms with Crippen LogP contribution in [0.2, 0.25) is 0 Å². The lowest BCUT2D eigenvalue weighted by molar-refractivity contribution is -0.945. The number of pyridine rings is 2. The van der Waals surface area contributed by atoms with Crippen LogP contribution >= 0.6 is 24.8 Å². The molecule has 2 aromatic heterocycles. The quantitative estimate of drug-likeness (QED) is 0.109. The van der Waals surface area contributed by atoms with Gasteiger partial charge in [-0.3, -0.25) is 0 Å². The molecule has 258 valence electrons. The van der Waals surface area contributed by atoms with Gasteiger partial charge in [0.05, 0.1) is 6.42 Å². The van der Waals surface area contributed by atoms with E-state index >= 15 is 0 Å². The number of nitrogens with zero attached hydrogens (tertiary/aromatic N) is 2. The van der Waals surface area contributed by atoms with Crippen LogP contribution in [0, 0.1) is 0 Å². The predicted octanol–water partition coefficient (Wildman–Crippen LogP) is 4.85. The Hall–Kier alpha value is -0.940. The Morgan fingerprint density at radius 1 is 0.455 bits per heavy atom. The minimum absolute atomic E-state index is 0. The largest absolute Gasteiger partial charge is 1.00 e. The van der Waals surface area contributed by atoms with E-state index < -0.39 is 0 Å². The molecule has 2 N–H and O–H groups in total. The lowest BCUT2D eigenvalue weighted by atomic mass is 10.1. The maximum atomic E-state index is 3.64. The van der Waals surface area contributed by atoms with E-state index in [9.17, 15) is 0 Å². The molecule has 8 heteroatoms. The number of rotatable bonds is 26. The summed E-state index contributed by atoms with van der Waals surface area (Å²) < 4.78 is 4.80. The molecule has 4 nitrogen and oxygen atoms in total. The number of unbranched alkanes of at least 4 members (excludes halogenated alkanes) is 16. The molecule has 2 aromatic rings. The van der Waals surface area contributed by atoms with Crippen molar-refractivity contribution < 1.29 is 33.9 Å². The highest BCUT2D eigenvalue weighted by Crippen LogP contribution is 2.14. The molecule has 0 saturated carbocycles. The van der Waals surface area contributed by atoms with Crippen LogP contribution in [0.1, 0.15) is 155 Å². The molecule has 0 spiro atoms. The number of hydrogen-bond donors (Lipinski definition) is 2. The zero-order chi connectivity index (χ0) is 28.5. The van der Waals surface area contributed by atoms with Crippen LogP contribution in [0.5, 0.6) is 0 Å². The van der Waals surface area contributed by atoms with Crippen LogP contribution in [-0.2, 0) is 0 Å². The maximum absolute atomic E-state index is 3.64. The molecule has 0 saturated heterocycles. The van der Waals surface area contributed by atoms with Crippen molar-refractivity contribution in [3.05, 3.63) is 49.1 Å². The van der Waals surface area contributed by atoms with Crippen molar-refractivity contribution in [3.8, 4) is 0 Å². The molecule has 44 heavy (non-hydrogen) atoms. The summed E-state index contributed by atoms with van der Waals surface area (Å²) in [7, 11) is 0. The molecule has 0 amide bonds. The van der Waals surface area contributed by atoms with Gasteiger partial charge in [-0.15, -0.1) is 33.9 Å². The standard InChI is InChI=1S/C36H62N4.4ClH/c1-4-7-10-13-16-17-20-23-36(39-30-24-34(25-31-39)37-28-21-18-14-11-8-5-2)40-32-26-35(27-33-40)38-29-22-19-15-12-9-6-3;;;;/h24-27,30-33,36H,4-23,28-29H2,1-3H3;4*1H. The Balaban J connectivity index is -0.00000420. The molecule has 2 rings (SSSR count). The van der Waals surface area contributed by atoms with E-state index in [1.165, 1.54) is 133 Å². The number of nitrogens with one attached hydrogen (secondary N) is 2. The van der Waals surface area contributed by atoms with Gasteiger partial charge in [-0.05, 0) is 19.3 Å². The third-order valence-electron chi connectivity index (χ3n) is 8.18. The second-order valence-corrected chi connectivity index (χ2v) is 11.8. The molecule has 0 aliphatic carbocycles. The maximum Gasteiger partial charge on any atom is 0.352 e. The zero-order valence-corrected chi connectivity index (χ0v) is 31.4. The van der Waals surface area contributed by atoms with Crippen LogP contribution in [0.4, 0.5) is 11.4 Å². The molecule has 0 aromatic carbocycles. The van der Waals surface area contributed by atoms with E-state index in [-0.39, 0.29) is 49.6 Å². The predicted molar refractivity (Wildman–Crippen MR) is 189 cm³/mol. The van der Waals surface area contributed by atoms with Gasteiger partial charge in [0.25, 0.3) is 0 Å². The molecule has 2 heterocycles. The molecule has 0 atom stereocenters. The third-order valence-corrected chi connectivity index (χ3v) is 8.18. The minimum Gasteiger partial charge on any atom is -1.00 e. The van der Waals surface area contributed by atoms with E-state index in [4.69, 9.17) is 0 Å². The summed E-state index contributed by atoms with van der Waals surface area (Å²) >= 11 is 0. The Bertz CT molecular complexity index is 776. The molecule has 0 unspecified atom stereocenters. The first kappa shape index (κ1) is 47.5. The fraction of sp³-hybridized carbons (Fsp3) is 0.722. The highest BCUT2D eigenvalue weighted by Gasteiger charge is 2.26. The van der Waals surface area contributed by atoms with Gasteiger partial charge in [0.1, 0.15) is 0 Å². The van der Waals surface area contributed by atoms with Crippen LogP contribution in [0.15, 0.2) is 49.1 Å². The van der Waals surface area contributed by atoms with E-state index in [1.807, 2.05) is 0 Å². The molecule has 0 aliphatic heterocycles. The van der Waals surface area contributed by atoms with Gasteiger partial charge in [-0.1, -0.05) is 124 Å². The summed E-state index contributed by atoms with van der Waals surface area (Å²) in [5.41, 5.74) is 2.47. The summed E-state index contributed by atoms with van der Waals surface area (Å²) in [6.07, 6.45) is 36.1. The van der Waals surface area contributed by atoms with Crippen molar-refractivity contribution in [2.24, 2.45) is 0 Å². The van der Waals surface area contributed by atoms with Crippen molar-refractivity contribution in [2.45, 2.75) is 155 Å². The van der Waals surface area contributed by atoms with Crippen molar-refractivity contribution in [1.29, 1.82) is 0 Å². The number of anilines is 2. The van der Waals surface area contributed by atoms with Gasteiger partial charge in [0.2, 0.25) is 0 Å². The number of aromatic nitrogens is 2. The van der Waals surface area contributed by atoms with Gasteiger partial charge >= 0.3 is 6.17 Å². The molecule has 0 fully saturated rings. The Morgan fingerprint density at radius 3 is 1.09 bits per heavy atom. The number of halogens is 4. The van der Waals surface area contributed by atoms with E-state index in [0.29, 0.717) is 6.17 Å². The van der Waals surface area contributed by atoms with E-state index in [0.717, 1.165) is 19.5 Å². The molecule has 0 bridgehead atoms. The van der Waals surface area contributed by atoms with Crippen LogP contribution in [0.25, 0.3) is 0 Å². The first-order valence-electron chi connectivity index (χ1n) is 17.3. The van der Waals surface area contributed by atoms with Crippen molar-refractivity contribution in [1.82, 2.24) is 0 Å². The smallest absolute Gasteiger partial charge is 0.352 e. The van der Waals surface area contributed by atoms with Gasteiger partial charge in [0, 0.05) is 48.7 Å². The molecule has 0 aliphatic rings. The highest BCUT2D eigenvalue weighted by molar-refractivity contribution is 5.85. The van der Waals surface area contributed by atoms with Crippen LogP contribution in [-0.4, -0.2) is 13.1 Å². The average Bonchev–Trinajstić information content (AvgIpc) is 2.98. The normalized spacial score (nSPS) is 10.3. The lowest BCUT2D eigenvalue weighted by Gasteiger charge is -2.11. The molecular formula is C36H66Cl4N4. The Labute approximate surface area is 297 Å². The van der Waals surface area contributed by atoms with E-state index in [2.05, 4.69) is 89.6 Å². The molecular weight excluding hydrogens is 630 g/mol. The summed E-state index contributed by atoms with van der Waals surface area (Å²) in [6, 6.07) is 9.02. The van der Waals surface area contributed by atoms with Gasteiger partial charge in [0.15, 0.2) is 24.8 Å². The fourth-order valence-electron chi connectivity index (χ4n) is 5.52. The van der Waals surface area contributed by atoms with Crippen molar-refractivity contribution >= 4 is 36.2 Å². The minimum atomic E-state index is 0. The second-order valence-electron chi connectivity index (χ2n) is 11.8. The summed E-state index contributed by atoms with van der Waals surface area (Å²) in [5, 5.41) is 7.27. The van der Waals surface area contributed by atoms with Crippen LogP contribution in [0.3, 0.4) is 0 Å². The summed E-state index contributed by atoms with van der Waals surface area (Å²) in [6.45, 7) is 9.00. The topological polar surface area (TPSA) is 31.8 Å². The van der Waals surface area contributed by atoms with Crippen molar-refractivity contribution in [2.75, 3.05) is 23.7 Å². The van der Waals surface area contributed by atoms with Gasteiger partial charge < -0.3 is 35.4 Å². The SMILES string of the molecule is CCCCCCCCCC([n+]1ccc(NCCCCCCCC)cc1)[n+]1ccc(NCCCCCCCC)cc1.Cl.Cl.[Cl-].[Cl-]. The second kappa shape index (κ2) is 33.4. The Morgan fingerprint density at radius 2 is 0.750 bits per heavy atom. The van der Waals surface area contributed by atoms with Crippen LogP contribution < -0.4 is 44.6 Å². The van der Waals surface area contributed by atoms with Gasteiger partial charge in [-0.25, -0.2) is 0 Å². The summed E-state index contributed by atoms with van der Waals surface area (Å²) in [5.74, 6) is 0. The first-order valence-corrected chi connectivity index (χ1v) is 17.3. The highest BCUT2D eigenvalue weighted by atomic mass is 35.5. The first-order chi connectivity index (χ1) is 19.8. The van der Waals surface area contributed by atoms with Gasteiger partial charge in [-0.2, -0.15) is 0 Å². The fourth-order valence-corrected chi connectivity index (χ4v) is 5.52. The van der Waals surface area contributed by atoms with Crippen molar-refractivity contribution in [3.63, 3.8) is 0 Å². The Kier molecular flexibility index (Phi) is 36.1. The number of hydrogen-bond acceptors (Lipinski definition) is 2. The molecule has 0 radical (unpaired) electrons. The zero-order valence-electron chi connectivity index (χ0n) is 28.2.